The van der Waals surface area contributed by atoms with Gasteiger partial charge in [-0.1, -0.05) is 56.5 Å². The number of aromatic nitrogens is 2. The highest BCUT2D eigenvalue weighted by Gasteiger charge is 2.35. The van der Waals surface area contributed by atoms with E-state index in [1.165, 1.54) is 11.8 Å². The Balaban J connectivity index is 1.89. The maximum Gasteiger partial charge on any atom is 0.262 e. The number of nitrogens with one attached hydrogen (secondary N) is 1. The fourth-order valence-corrected chi connectivity index (χ4v) is 4.85. The molecule has 1 aliphatic carbocycles. The lowest BCUT2D eigenvalue weighted by Crippen LogP contribution is -2.51. The Morgan fingerprint density at radius 1 is 1.33 bits per heavy atom. The van der Waals surface area contributed by atoms with Crippen molar-refractivity contribution in [3.8, 4) is 6.07 Å². The van der Waals surface area contributed by atoms with Crippen LogP contribution >= 0.6 is 23.4 Å². The minimum atomic E-state index is -0.782. The molecule has 1 aromatic heterocycles. The third kappa shape index (κ3) is 4.98. The van der Waals surface area contributed by atoms with Crippen molar-refractivity contribution in [2.45, 2.75) is 75.4 Å². The van der Waals surface area contributed by atoms with Gasteiger partial charge in [0.25, 0.3) is 5.56 Å². The number of nitrogens with zero attached hydrogens (tertiary/aromatic N) is 3. The number of hydrogen-bond acceptors (Lipinski definition) is 5. The fraction of sp³-hybridized carbons (Fsp3) is 0.545. The molecule has 0 saturated heterocycles. The number of carbonyl (C=O) groups is 1. The average Bonchev–Trinajstić information content (AvgIpc) is 2.71. The quantitative estimate of drug-likeness (QED) is 0.520. The van der Waals surface area contributed by atoms with E-state index in [2.05, 4.69) is 16.4 Å². The lowest BCUT2D eigenvalue weighted by Gasteiger charge is -2.32. The van der Waals surface area contributed by atoms with Crippen molar-refractivity contribution in [1.29, 1.82) is 5.26 Å². The molecule has 1 aromatic carbocycles. The van der Waals surface area contributed by atoms with E-state index in [0.717, 1.165) is 19.3 Å². The molecule has 30 heavy (non-hydrogen) atoms. The van der Waals surface area contributed by atoms with Gasteiger partial charge in [0.2, 0.25) is 5.91 Å². The highest BCUT2D eigenvalue weighted by atomic mass is 35.5. The zero-order chi connectivity index (χ0) is 21.9. The summed E-state index contributed by atoms with van der Waals surface area (Å²) in [6, 6.07) is 7.38. The molecule has 1 fully saturated rings. The van der Waals surface area contributed by atoms with Crippen molar-refractivity contribution < 1.29 is 4.79 Å². The number of nitriles is 1. The number of rotatable bonds is 6. The normalized spacial score (nSPS) is 16.9. The topological polar surface area (TPSA) is 87.8 Å². The van der Waals surface area contributed by atoms with Crippen molar-refractivity contribution in [3.05, 3.63) is 33.6 Å². The Morgan fingerprint density at radius 2 is 2.03 bits per heavy atom. The molecule has 0 radical (unpaired) electrons. The van der Waals surface area contributed by atoms with Gasteiger partial charge in [0.15, 0.2) is 5.16 Å². The largest absolute Gasteiger partial charge is 0.337 e. The Hall–Kier alpha value is -2.04. The minimum Gasteiger partial charge on any atom is -0.337 e. The van der Waals surface area contributed by atoms with Crippen molar-refractivity contribution in [2.75, 3.05) is 0 Å². The number of fused-ring (bicyclic) bond motifs is 1. The molecule has 1 saturated carbocycles. The molecule has 8 heteroatoms. The molecule has 160 valence electrons. The Bertz CT molecular complexity index is 1040. The number of hydrogen-bond donors (Lipinski definition) is 1. The van der Waals surface area contributed by atoms with Crippen LogP contribution in [0.2, 0.25) is 5.02 Å². The third-order valence-corrected chi connectivity index (χ3v) is 6.69. The van der Waals surface area contributed by atoms with E-state index in [1.54, 1.807) is 29.7 Å². The summed E-state index contributed by atoms with van der Waals surface area (Å²) in [6.07, 6.45) is 4.34. The second-order valence-electron chi connectivity index (χ2n) is 8.37. The van der Waals surface area contributed by atoms with Gasteiger partial charge in [0.05, 0.1) is 22.2 Å². The second kappa shape index (κ2) is 9.40. The van der Waals surface area contributed by atoms with Gasteiger partial charge in [-0.3, -0.25) is 14.2 Å². The number of thioether (sulfide) groups is 1. The highest BCUT2D eigenvalue weighted by molar-refractivity contribution is 8.00. The van der Waals surface area contributed by atoms with E-state index in [1.807, 2.05) is 13.8 Å². The first-order valence-electron chi connectivity index (χ1n) is 10.3. The maximum atomic E-state index is 13.1. The SMILES string of the molecule is CC(C)Cn1c(S[C@H](C)C(=O)NC2(C#N)CCCCC2)nc2ccc(Cl)cc2c1=O. The number of amides is 1. The number of benzene rings is 1. The summed E-state index contributed by atoms with van der Waals surface area (Å²) in [6.45, 7) is 6.33. The predicted octanol–water partition coefficient (Wildman–Crippen LogP) is 4.53. The van der Waals surface area contributed by atoms with E-state index in [0.29, 0.717) is 40.5 Å². The van der Waals surface area contributed by atoms with Crippen LogP contribution in [-0.4, -0.2) is 26.2 Å². The molecule has 1 heterocycles. The van der Waals surface area contributed by atoms with E-state index in [4.69, 9.17) is 11.6 Å². The zero-order valence-electron chi connectivity index (χ0n) is 17.6. The fourth-order valence-electron chi connectivity index (χ4n) is 3.76. The van der Waals surface area contributed by atoms with E-state index in [-0.39, 0.29) is 17.4 Å². The van der Waals surface area contributed by atoms with Crippen molar-refractivity contribution in [1.82, 2.24) is 14.9 Å². The third-order valence-electron chi connectivity index (χ3n) is 5.36. The molecule has 3 rings (SSSR count). The predicted molar refractivity (Wildman–Crippen MR) is 121 cm³/mol. The summed E-state index contributed by atoms with van der Waals surface area (Å²) in [5, 5.41) is 13.6. The summed E-state index contributed by atoms with van der Waals surface area (Å²) < 4.78 is 1.62. The van der Waals surface area contributed by atoms with E-state index >= 15 is 0 Å². The summed E-state index contributed by atoms with van der Waals surface area (Å²) in [4.78, 5) is 30.7. The van der Waals surface area contributed by atoms with Crippen molar-refractivity contribution in [3.63, 3.8) is 0 Å². The van der Waals surface area contributed by atoms with Crippen LogP contribution in [-0.2, 0) is 11.3 Å². The Morgan fingerprint density at radius 3 is 2.67 bits per heavy atom. The highest BCUT2D eigenvalue weighted by Crippen LogP contribution is 2.29. The van der Waals surface area contributed by atoms with Gasteiger partial charge in [0, 0.05) is 11.6 Å². The monoisotopic (exact) mass is 446 g/mol. The smallest absolute Gasteiger partial charge is 0.262 e. The summed E-state index contributed by atoms with van der Waals surface area (Å²) in [7, 11) is 0. The zero-order valence-corrected chi connectivity index (χ0v) is 19.1. The molecule has 1 N–H and O–H groups in total. The summed E-state index contributed by atoms with van der Waals surface area (Å²) >= 11 is 7.32. The molecular weight excluding hydrogens is 420 g/mol. The number of carbonyl (C=O) groups excluding carboxylic acids is 1. The first kappa shape index (κ1) is 22.6. The molecule has 0 bridgehead atoms. The van der Waals surface area contributed by atoms with Crippen LogP contribution < -0.4 is 10.9 Å². The van der Waals surface area contributed by atoms with Gasteiger partial charge in [-0.15, -0.1) is 0 Å². The van der Waals surface area contributed by atoms with Crippen LogP contribution in [0.1, 0.15) is 52.9 Å². The van der Waals surface area contributed by atoms with E-state index < -0.39 is 10.8 Å². The molecule has 6 nitrogen and oxygen atoms in total. The molecule has 1 aliphatic rings. The molecule has 1 amide bonds. The first-order chi connectivity index (χ1) is 14.2. The van der Waals surface area contributed by atoms with Crippen LogP contribution in [0, 0.1) is 17.2 Å². The van der Waals surface area contributed by atoms with Gasteiger partial charge in [0.1, 0.15) is 5.54 Å². The maximum absolute atomic E-state index is 13.1. The molecule has 0 unspecified atom stereocenters. The standard InChI is InChI=1S/C22H27ClN4O2S/c1-14(2)12-27-20(29)17-11-16(23)7-8-18(17)25-21(27)30-15(3)19(28)26-22(13-24)9-5-4-6-10-22/h7-8,11,14-15H,4-6,9-10,12H2,1-3H3,(H,26,28)/t15-/m1/s1. The van der Waals surface area contributed by atoms with Gasteiger partial charge in [-0.25, -0.2) is 4.98 Å². The van der Waals surface area contributed by atoms with Gasteiger partial charge in [-0.2, -0.15) is 5.26 Å². The van der Waals surface area contributed by atoms with Crippen LogP contribution in [0.4, 0.5) is 0 Å². The first-order valence-corrected chi connectivity index (χ1v) is 11.6. The van der Waals surface area contributed by atoms with Gasteiger partial charge in [-0.05, 0) is 43.9 Å². The number of halogens is 1. The van der Waals surface area contributed by atoms with Crippen LogP contribution in [0.25, 0.3) is 10.9 Å². The average molecular weight is 447 g/mol. The van der Waals surface area contributed by atoms with Crippen LogP contribution in [0.5, 0.6) is 0 Å². The summed E-state index contributed by atoms with van der Waals surface area (Å²) in [5.74, 6) is 0.0266. The molecule has 1 atom stereocenters. The van der Waals surface area contributed by atoms with Crippen molar-refractivity contribution >= 4 is 40.2 Å². The lowest BCUT2D eigenvalue weighted by atomic mass is 9.83. The molecule has 0 aliphatic heterocycles. The lowest BCUT2D eigenvalue weighted by molar-refractivity contribution is -0.121. The van der Waals surface area contributed by atoms with Crippen molar-refractivity contribution in [2.24, 2.45) is 5.92 Å². The molecule has 0 spiro atoms. The van der Waals surface area contributed by atoms with Crippen LogP contribution in [0.3, 0.4) is 0 Å². The Labute approximate surface area is 186 Å². The van der Waals surface area contributed by atoms with Gasteiger partial charge < -0.3 is 5.32 Å². The summed E-state index contributed by atoms with van der Waals surface area (Å²) in [5.41, 5.74) is -0.387. The van der Waals surface area contributed by atoms with E-state index in [9.17, 15) is 14.9 Å². The second-order valence-corrected chi connectivity index (χ2v) is 10.1. The minimum absolute atomic E-state index is 0.160. The van der Waals surface area contributed by atoms with Gasteiger partial charge >= 0.3 is 0 Å². The molecule has 2 aromatic rings. The van der Waals surface area contributed by atoms with Crippen LogP contribution in [0.15, 0.2) is 28.2 Å². The Kier molecular flexibility index (Phi) is 7.10. The molecular formula is C22H27ClN4O2S.